The van der Waals surface area contributed by atoms with Gasteiger partial charge in [-0.05, 0) is 38.8 Å². The highest BCUT2D eigenvalue weighted by Gasteiger charge is 2.34. The average molecular weight is 288 g/mol. The Balaban J connectivity index is 3.96. The summed E-state index contributed by atoms with van der Waals surface area (Å²) >= 11 is 0. The molecule has 0 unspecified atom stereocenters. The summed E-state index contributed by atoms with van der Waals surface area (Å²) in [5, 5.41) is 0. The molecule has 0 fully saturated rings. The van der Waals surface area contributed by atoms with Crippen molar-refractivity contribution in [3.8, 4) is 0 Å². The summed E-state index contributed by atoms with van der Waals surface area (Å²) in [4.78, 5) is 0. The molecule has 0 radical (unpaired) electrons. The van der Waals surface area contributed by atoms with Crippen LogP contribution in [0.5, 0.6) is 0 Å². The van der Waals surface area contributed by atoms with Crippen LogP contribution in [-0.4, -0.2) is 36.0 Å². The first-order valence-electron chi connectivity index (χ1n) is 6.80. The van der Waals surface area contributed by atoms with Gasteiger partial charge in [0.05, 0.1) is 25.7 Å². The maximum atomic E-state index is 5.67. The molecule has 0 saturated heterocycles. The van der Waals surface area contributed by atoms with Crippen LogP contribution in [0.25, 0.3) is 0 Å². The van der Waals surface area contributed by atoms with Crippen molar-refractivity contribution >= 4 is 8.56 Å². The number of allylic oxidation sites excluding steroid dienone is 2. The summed E-state index contributed by atoms with van der Waals surface area (Å²) in [6.07, 6.45) is 9.11. The fraction of sp³-hybridized carbons (Fsp3) is 0.714. The lowest BCUT2D eigenvalue weighted by Crippen LogP contribution is -2.40. The minimum Gasteiger partial charge on any atom is -0.502 e. The largest absolute Gasteiger partial charge is 0.502 e. The first kappa shape index (κ1) is 18.2. The van der Waals surface area contributed by atoms with Crippen LogP contribution in [0, 0.1) is 0 Å². The molecule has 0 aliphatic rings. The Kier molecular flexibility index (Phi) is 11.8. The van der Waals surface area contributed by atoms with Gasteiger partial charge in [0.2, 0.25) is 0 Å². The van der Waals surface area contributed by atoms with Crippen LogP contribution >= 0.6 is 0 Å². The van der Waals surface area contributed by atoms with E-state index < -0.39 is 8.56 Å². The molecular formula is C14H28O4Si. The maximum Gasteiger partial charge on any atom is 0.337 e. The third-order valence-electron chi connectivity index (χ3n) is 2.85. The van der Waals surface area contributed by atoms with Gasteiger partial charge in [-0.15, -0.1) is 0 Å². The van der Waals surface area contributed by atoms with Crippen molar-refractivity contribution < 1.29 is 18.3 Å². The van der Waals surface area contributed by atoms with Gasteiger partial charge in [0.15, 0.2) is 0 Å². The van der Waals surface area contributed by atoms with Crippen molar-refractivity contribution in [2.24, 2.45) is 0 Å². The molecule has 0 aromatic heterocycles. The van der Waals surface area contributed by atoms with E-state index in [4.69, 9.17) is 18.3 Å². The van der Waals surface area contributed by atoms with Crippen LogP contribution in [0.2, 0.25) is 12.1 Å². The van der Waals surface area contributed by atoms with Gasteiger partial charge in [0, 0.05) is 14.2 Å². The van der Waals surface area contributed by atoms with Gasteiger partial charge in [0.1, 0.15) is 0 Å². The molecular weight excluding hydrogens is 260 g/mol. The Morgan fingerprint density at radius 3 is 1.53 bits per heavy atom. The predicted molar refractivity (Wildman–Crippen MR) is 80.2 cm³/mol. The van der Waals surface area contributed by atoms with Gasteiger partial charge < -0.3 is 18.3 Å². The van der Waals surface area contributed by atoms with Crippen LogP contribution in [-0.2, 0) is 18.3 Å². The molecule has 5 heteroatoms. The Hall–Kier alpha value is -0.783. The normalized spacial score (nSPS) is 12.4. The van der Waals surface area contributed by atoms with Gasteiger partial charge in [0.25, 0.3) is 0 Å². The lowest BCUT2D eigenvalue weighted by atomic mass is 10.5. The number of rotatable bonds is 12. The predicted octanol–water partition coefficient (Wildman–Crippen LogP) is 3.60. The molecule has 0 aliphatic heterocycles. The van der Waals surface area contributed by atoms with Crippen molar-refractivity contribution in [3.05, 3.63) is 24.7 Å². The fourth-order valence-corrected chi connectivity index (χ4v) is 4.39. The quantitative estimate of drug-likeness (QED) is 0.312. The van der Waals surface area contributed by atoms with Crippen LogP contribution in [0.4, 0.5) is 0 Å². The van der Waals surface area contributed by atoms with E-state index >= 15 is 0 Å². The zero-order chi connectivity index (χ0) is 14.4. The van der Waals surface area contributed by atoms with Crippen LogP contribution in [0.3, 0.4) is 0 Å². The van der Waals surface area contributed by atoms with Crippen molar-refractivity contribution in [3.63, 3.8) is 0 Å². The van der Waals surface area contributed by atoms with Gasteiger partial charge in [-0.1, -0.05) is 12.2 Å². The second-order valence-electron chi connectivity index (χ2n) is 4.21. The first-order valence-corrected chi connectivity index (χ1v) is 9.03. The third-order valence-corrected chi connectivity index (χ3v) is 6.57. The highest BCUT2D eigenvalue weighted by atomic mass is 28.4. The number of ether oxygens (including phenoxy) is 2. The molecule has 112 valence electrons. The van der Waals surface area contributed by atoms with Crippen LogP contribution in [0.15, 0.2) is 24.7 Å². The molecule has 0 aromatic rings. The zero-order valence-corrected chi connectivity index (χ0v) is 13.7. The van der Waals surface area contributed by atoms with E-state index in [1.54, 1.807) is 26.7 Å². The Labute approximate surface area is 118 Å². The van der Waals surface area contributed by atoms with Crippen LogP contribution < -0.4 is 0 Å². The summed E-state index contributed by atoms with van der Waals surface area (Å²) in [7, 11) is 1.42. The SMILES string of the molecule is CC=COCCC[Si](CCCOC=CC)(OC)OC. The molecule has 4 nitrogen and oxygen atoms in total. The van der Waals surface area contributed by atoms with Gasteiger partial charge in [-0.3, -0.25) is 0 Å². The molecule has 0 aromatic carbocycles. The van der Waals surface area contributed by atoms with E-state index in [1.807, 2.05) is 26.0 Å². The minimum absolute atomic E-state index is 0.709. The fourth-order valence-electron chi connectivity index (χ4n) is 1.79. The number of hydrogen-bond donors (Lipinski definition) is 0. The monoisotopic (exact) mass is 288 g/mol. The average Bonchev–Trinajstić information content (AvgIpc) is 2.45. The Morgan fingerprint density at radius 1 is 0.789 bits per heavy atom. The van der Waals surface area contributed by atoms with E-state index in [1.165, 1.54) is 0 Å². The zero-order valence-electron chi connectivity index (χ0n) is 12.7. The molecule has 0 aliphatic carbocycles. The first-order chi connectivity index (χ1) is 9.24. The van der Waals surface area contributed by atoms with E-state index in [0.29, 0.717) is 13.2 Å². The summed E-state index contributed by atoms with van der Waals surface area (Å²) in [6.45, 7) is 5.30. The highest BCUT2D eigenvalue weighted by molar-refractivity contribution is 6.67. The van der Waals surface area contributed by atoms with Crippen molar-refractivity contribution in [2.45, 2.75) is 38.8 Å². The highest BCUT2D eigenvalue weighted by Crippen LogP contribution is 2.21. The van der Waals surface area contributed by atoms with Crippen LogP contribution in [0.1, 0.15) is 26.7 Å². The second-order valence-corrected chi connectivity index (χ2v) is 7.84. The molecule has 0 atom stereocenters. The molecule has 19 heavy (non-hydrogen) atoms. The van der Waals surface area contributed by atoms with Crippen molar-refractivity contribution in [1.29, 1.82) is 0 Å². The summed E-state index contributed by atoms with van der Waals surface area (Å²) in [5.41, 5.74) is 0. The molecule has 0 rings (SSSR count). The Morgan fingerprint density at radius 2 is 1.21 bits per heavy atom. The molecule has 0 amide bonds. The van der Waals surface area contributed by atoms with E-state index in [-0.39, 0.29) is 0 Å². The van der Waals surface area contributed by atoms with E-state index in [2.05, 4.69) is 0 Å². The minimum atomic E-state index is -2.07. The van der Waals surface area contributed by atoms with Crippen molar-refractivity contribution in [1.82, 2.24) is 0 Å². The van der Waals surface area contributed by atoms with Gasteiger partial charge >= 0.3 is 8.56 Å². The summed E-state index contributed by atoms with van der Waals surface area (Å²) in [6, 6.07) is 1.89. The standard InChI is InChI=1S/C14H28O4Si/c1-5-9-17-11-7-13-19(15-3,16-4)14-8-12-18-10-6-2/h5-6,9-10H,7-8,11-14H2,1-4H3. The molecule has 0 bridgehead atoms. The molecule has 0 spiro atoms. The van der Waals surface area contributed by atoms with Crippen molar-refractivity contribution in [2.75, 3.05) is 27.4 Å². The summed E-state index contributed by atoms with van der Waals surface area (Å²) in [5.74, 6) is 0. The smallest absolute Gasteiger partial charge is 0.337 e. The second kappa shape index (κ2) is 12.3. The number of hydrogen-bond acceptors (Lipinski definition) is 4. The lowest BCUT2D eigenvalue weighted by Gasteiger charge is -2.27. The Bertz CT molecular complexity index is 228. The molecule has 0 heterocycles. The topological polar surface area (TPSA) is 36.9 Å². The maximum absolute atomic E-state index is 5.67. The van der Waals surface area contributed by atoms with Gasteiger partial charge in [-0.2, -0.15) is 0 Å². The third kappa shape index (κ3) is 8.86. The molecule has 0 N–H and O–H groups in total. The molecule has 0 saturated carbocycles. The van der Waals surface area contributed by atoms with E-state index in [9.17, 15) is 0 Å². The summed E-state index contributed by atoms with van der Waals surface area (Å²) < 4.78 is 22.0. The van der Waals surface area contributed by atoms with E-state index in [0.717, 1.165) is 24.9 Å². The van der Waals surface area contributed by atoms with Gasteiger partial charge in [-0.25, -0.2) is 0 Å². The lowest BCUT2D eigenvalue weighted by molar-refractivity contribution is 0.210.